The van der Waals surface area contributed by atoms with Crippen molar-refractivity contribution in [1.29, 1.82) is 0 Å². The molecule has 0 saturated carbocycles. The van der Waals surface area contributed by atoms with Crippen LogP contribution in [-0.4, -0.2) is 6.36 Å². The van der Waals surface area contributed by atoms with Crippen molar-refractivity contribution >= 4 is 0 Å². The highest BCUT2D eigenvalue weighted by Gasteiger charge is 2.31. The first-order valence-corrected chi connectivity index (χ1v) is 3.44. The molecule has 1 nitrogen and oxygen atoms in total. The van der Waals surface area contributed by atoms with E-state index in [1.165, 1.54) is 0 Å². The summed E-state index contributed by atoms with van der Waals surface area (Å²) in [5, 5.41) is 0. The molecule has 6 heteroatoms. The van der Waals surface area contributed by atoms with Gasteiger partial charge in [0.1, 0.15) is 5.75 Å². The van der Waals surface area contributed by atoms with Gasteiger partial charge < -0.3 is 4.74 Å². The fourth-order valence-corrected chi connectivity index (χ4v) is 0.781. The summed E-state index contributed by atoms with van der Waals surface area (Å²) in [6, 6.07) is 4.55. The van der Waals surface area contributed by atoms with Crippen LogP contribution in [0.1, 0.15) is 12.0 Å². The normalized spacial score (nSPS) is 11.9. The van der Waals surface area contributed by atoms with E-state index < -0.39 is 24.1 Å². The van der Waals surface area contributed by atoms with Crippen LogP contribution in [0.15, 0.2) is 18.2 Å². The highest BCUT2D eigenvalue weighted by Crippen LogP contribution is 2.26. The standard InChI is InChI=1S/C8H4F5O/c9-7(10)5-2-1-3-6(4-5)14-8(11,12)13/h1-2,4,7H. The minimum atomic E-state index is -4.89. The Morgan fingerprint density at radius 1 is 1.29 bits per heavy atom. The molecule has 0 spiro atoms. The molecule has 1 aromatic carbocycles. The van der Waals surface area contributed by atoms with Crippen molar-refractivity contribution in [2.75, 3.05) is 0 Å². The molecular weight excluding hydrogens is 207 g/mol. The molecule has 1 radical (unpaired) electrons. The van der Waals surface area contributed by atoms with E-state index in [1.807, 2.05) is 6.07 Å². The van der Waals surface area contributed by atoms with Crippen LogP contribution >= 0.6 is 0 Å². The quantitative estimate of drug-likeness (QED) is 0.681. The largest absolute Gasteiger partial charge is 0.573 e. The predicted molar refractivity (Wildman–Crippen MR) is 36.9 cm³/mol. The van der Waals surface area contributed by atoms with Crippen LogP contribution in [0.2, 0.25) is 0 Å². The van der Waals surface area contributed by atoms with Crippen LogP contribution < -0.4 is 4.74 Å². The van der Waals surface area contributed by atoms with E-state index >= 15 is 0 Å². The van der Waals surface area contributed by atoms with Gasteiger partial charge in [-0.2, -0.15) is 0 Å². The Balaban J connectivity index is 2.84. The molecule has 0 atom stereocenters. The zero-order valence-corrected chi connectivity index (χ0v) is 6.61. The molecule has 0 heterocycles. The molecule has 0 N–H and O–H groups in total. The first-order valence-electron chi connectivity index (χ1n) is 3.44. The number of rotatable bonds is 2. The minimum Gasteiger partial charge on any atom is -0.405 e. The molecule has 0 bridgehead atoms. The Kier molecular flexibility index (Phi) is 2.93. The van der Waals surface area contributed by atoms with Crippen molar-refractivity contribution in [3.8, 4) is 5.75 Å². The third kappa shape index (κ3) is 3.20. The maximum Gasteiger partial charge on any atom is 0.573 e. The Labute approximate surface area is 76.1 Å². The van der Waals surface area contributed by atoms with Gasteiger partial charge in [-0.15, -0.1) is 13.2 Å². The number of halogens is 5. The van der Waals surface area contributed by atoms with Crippen molar-refractivity contribution in [3.63, 3.8) is 0 Å². The fourth-order valence-electron chi connectivity index (χ4n) is 0.781. The van der Waals surface area contributed by atoms with Gasteiger partial charge in [0.15, 0.2) is 0 Å². The summed E-state index contributed by atoms with van der Waals surface area (Å²) in [5.41, 5.74) is -0.539. The number of hydrogen-bond acceptors (Lipinski definition) is 1. The highest BCUT2D eigenvalue weighted by atomic mass is 19.4. The van der Waals surface area contributed by atoms with E-state index in [1.54, 1.807) is 0 Å². The van der Waals surface area contributed by atoms with Crippen LogP contribution in [0.4, 0.5) is 22.0 Å². The Morgan fingerprint density at radius 2 is 1.93 bits per heavy atom. The summed E-state index contributed by atoms with van der Waals surface area (Å²) in [7, 11) is 0. The van der Waals surface area contributed by atoms with Gasteiger partial charge in [0.05, 0.1) is 0 Å². The van der Waals surface area contributed by atoms with Gasteiger partial charge in [-0.1, -0.05) is 12.1 Å². The number of benzene rings is 1. The Hall–Kier alpha value is -1.33. The van der Waals surface area contributed by atoms with E-state index in [0.29, 0.717) is 6.07 Å². The predicted octanol–water partition coefficient (Wildman–Crippen LogP) is 3.32. The molecule has 0 amide bonds. The van der Waals surface area contributed by atoms with Crippen LogP contribution in [0.3, 0.4) is 0 Å². The second kappa shape index (κ2) is 3.81. The maximum absolute atomic E-state index is 12.0. The zero-order chi connectivity index (χ0) is 10.8. The van der Waals surface area contributed by atoms with E-state index in [-0.39, 0.29) is 0 Å². The monoisotopic (exact) mass is 211 g/mol. The van der Waals surface area contributed by atoms with Gasteiger partial charge in [0.25, 0.3) is 6.43 Å². The first kappa shape index (κ1) is 10.7. The molecule has 14 heavy (non-hydrogen) atoms. The summed E-state index contributed by atoms with van der Waals surface area (Å²) in [5.74, 6) is -0.768. The topological polar surface area (TPSA) is 9.23 Å². The van der Waals surface area contributed by atoms with Crippen LogP contribution in [0.5, 0.6) is 5.75 Å². The lowest BCUT2D eigenvalue weighted by Crippen LogP contribution is -2.17. The lowest BCUT2D eigenvalue weighted by Gasteiger charge is -2.09. The van der Waals surface area contributed by atoms with Gasteiger partial charge in [0, 0.05) is 11.6 Å². The zero-order valence-electron chi connectivity index (χ0n) is 6.61. The third-order valence-corrected chi connectivity index (χ3v) is 1.28. The molecule has 1 rings (SSSR count). The van der Waals surface area contributed by atoms with Crippen LogP contribution in [0, 0.1) is 6.07 Å². The smallest absolute Gasteiger partial charge is 0.405 e. The van der Waals surface area contributed by atoms with Gasteiger partial charge in [-0.05, 0) is 6.07 Å². The van der Waals surface area contributed by atoms with Crippen molar-refractivity contribution in [3.05, 3.63) is 29.8 Å². The second-order valence-corrected chi connectivity index (χ2v) is 2.33. The first-order chi connectivity index (χ1) is 6.38. The maximum atomic E-state index is 12.0. The Morgan fingerprint density at radius 3 is 2.43 bits per heavy atom. The summed E-state index contributed by atoms with van der Waals surface area (Å²) in [6.45, 7) is 0. The summed E-state index contributed by atoms with van der Waals surface area (Å²) >= 11 is 0. The SMILES string of the molecule is FC(F)c1cc[c]c(OC(F)(F)F)c1. The lowest BCUT2D eigenvalue weighted by atomic mass is 10.2. The lowest BCUT2D eigenvalue weighted by molar-refractivity contribution is -0.274. The van der Waals surface area contributed by atoms with Gasteiger partial charge in [-0.25, -0.2) is 8.78 Å². The van der Waals surface area contributed by atoms with Crippen molar-refractivity contribution in [2.24, 2.45) is 0 Å². The molecule has 0 unspecified atom stereocenters. The van der Waals surface area contributed by atoms with Crippen molar-refractivity contribution in [1.82, 2.24) is 0 Å². The number of alkyl halides is 5. The van der Waals surface area contributed by atoms with E-state index in [2.05, 4.69) is 4.74 Å². The third-order valence-electron chi connectivity index (χ3n) is 1.28. The molecule has 1 aromatic rings. The molecule has 77 valence electrons. The molecule has 0 aliphatic rings. The van der Waals surface area contributed by atoms with E-state index in [4.69, 9.17) is 0 Å². The average molecular weight is 211 g/mol. The molecule has 0 aliphatic heterocycles. The molecule has 0 aliphatic carbocycles. The van der Waals surface area contributed by atoms with Gasteiger partial charge >= 0.3 is 6.36 Å². The summed E-state index contributed by atoms with van der Waals surface area (Å²) in [4.78, 5) is 0. The number of hydrogen-bond donors (Lipinski definition) is 0. The average Bonchev–Trinajstić information content (AvgIpc) is 2.01. The van der Waals surface area contributed by atoms with E-state index in [0.717, 1.165) is 12.1 Å². The number of ether oxygens (including phenoxy) is 1. The van der Waals surface area contributed by atoms with Crippen molar-refractivity contribution < 1.29 is 26.7 Å². The van der Waals surface area contributed by atoms with Crippen LogP contribution in [-0.2, 0) is 0 Å². The highest BCUT2D eigenvalue weighted by molar-refractivity contribution is 5.28. The van der Waals surface area contributed by atoms with Crippen molar-refractivity contribution in [2.45, 2.75) is 12.8 Å². The van der Waals surface area contributed by atoms with Gasteiger partial charge in [-0.3, -0.25) is 0 Å². The molecular formula is C8H4F5O. The second-order valence-electron chi connectivity index (χ2n) is 2.33. The molecule has 0 fully saturated rings. The van der Waals surface area contributed by atoms with Gasteiger partial charge in [0.2, 0.25) is 0 Å². The summed E-state index contributed by atoms with van der Waals surface area (Å²) < 4.78 is 62.4. The summed E-state index contributed by atoms with van der Waals surface area (Å²) in [6.07, 6.45) is -7.72. The Bertz CT molecular complexity index is 307. The fraction of sp³-hybridized carbons (Fsp3) is 0.250. The van der Waals surface area contributed by atoms with E-state index in [9.17, 15) is 22.0 Å². The minimum absolute atomic E-state index is 0.539. The molecule has 0 saturated heterocycles. The molecule has 0 aromatic heterocycles. The van der Waals surface area contributed by atoms with Crippen LogP contribution in [0.25, 0.3) is 0 Å².